The van der Waals surface area contributed by atoms with Crippen molar-refractivity contribution in [3.63, 3.8) is 0 Å². The van der Waals surface area contributed by atoms with Crippen molar-refractivity contribution in [1.29, 1.82) is 0 Å². The molecule has 0 unspecified atom stereocenters. The Hall–Kier alpha value is -3.46. The lowest BCUT2D eigenvalue weighted by Gasteiger charge is -2.30. The number of carbonyl (C=O) groups excluding carboxylic acids is 1. The average molecular weight is 473 g/mol. The van der Waals surface area contributed by atoms with Gasteiger partial charge in [-0.2, -0.15) is 4.98 Å². The number of methoxy groups -OCH3 is 3. The van der Waals surface area contributed by atoms with Gasteiger partial charge in [-0.05, 0) is 43.2 Å². The first-order chi connectivity index (χ1) is 16.0. The number of anilines is 2. The SMILES string of the molecule is COc1ccc(-c2noc(N3CCC[C@@H](C(=O)Nc4cc(Cl)c(OC)cc4OC)C3)n2)cc1. The molecule has 33 heavy (non-hydrogen) atoms. The topological polar surface area (TPSA) is 99.0 Å². The van der Waals surface area contributed by atoms with Gasteiger partial charge in [-0.15, -0.1) is 0 Å². The summed E-state index contributed by atoms with van der Waals surface area (Å²) in [4.78, 5) is 19.5. The van der Waals surface area contributed by atoms with Crippen LogP contribution in [0.2, 0.25) is 5.02 Å². The number of rotatable bonds is 7. The van der Waals surface area contributed by atoms with Crippen molar-refractivity contribution in [3.8, 4) is 28.6 Å². The summed E-state index contributed by atoms with van der Waals surface area (Å²) >= 11 is 6.23. The van der Waals surface area contributed by atoms with Crippen LogP contribution in [0.25, 0.3) is 11.4 Å². The van der Waals surface area contributed by atoms with Gasteiger partial charge in [0.05, 0.1) is 38.0 Å². The van der Waals surface area contributed by atoms with Crippen molar-refractivity contribution in [2.75, 3.05) is 44.6 Å². The van der Waals surface area contributed by atoms with E-state index in [1.54, 1.807) is 19.2 Å². The van der Waals surface area contributed by atoms with Gasteiger partial charge in [-0.1, -0.05) is 16.8 Å². The fraction of sp³-hybridized carbons (Fsp3) is 0.348. The first-order valence-electron chi connectivity index (χ1n) is 10.5. The van der Waals surface area contributed by atoms with E-state index in [1.165, 1.54) is 14.2 Å². The molecule has 10 heteroatoms. The Labute approximate surface area is 196 Å². The van der Waals surface area contributed by atoms with E-state index in [-0.39, 0.29) is 11.8 Å². The second kappa shape index (κ2) is 9.99. The van der Waals surface area contributed by atoms with Crippen LogP contribution in [-0.2, 0) is 4.79 Å². The number of amides is 1. The van der Waals surface area contributed by atoms with E-state index in [2.05, 4.69) is 15.5 Å². The molecule has 1 amide bonds. The average Bonchev–Trinajstić information content (AvgIpc) is 3.35. The molecule has 1 fully saturated rings. The molecule has 9 nitrogen and oxygen atoms in total. The number of aromatic nitrogens is 2. The molecule has 174 valence electrons. The predicted molar refractivity (Wildman–Crippen MR) is 124 cm³/mol. The molecular formula is C23H25ClN4O5. The highest BCUT2D eigenvalue weighted by molar-refractivity contribution is 6.32. The fourth-order valence-electron chi connectivity index (χ4n) is 3.76. The maximum atomic E-state index is 13.0. The van der Waals surface area contributed by atoms with Crippen LogP contribution in [0.3, 0.4) is 0 Å². The first kappa shape index (κ1) is 22.7. The lowest BCUT2D eigenvalue weighted by atomic mass is 9.97. The van der Waals surface area contributed by atoms with Crippen LogP contribution in [0.5, 0.6) is 17.2 Å². The molecule has 0 aliphatic carbocycles. The zero-order valence-electron chi connectivity index (χ0n) is 18.6. The van der Waals surface area contributed by atoms with Crippen LogP contribution in [0.1, 0.15) is 12.8 Å². The lowest BCUT2D eigenvalue weighted by Crippen LogP contribution is -2.41. The van der Waals surface area contributed by atoms with Crippen LogP contribution >= 0.6 is 11.6 Å². The maximum Gasteiger partial charge on any atom is 0.324 e. The van der Waals surface area contributed by atoms with Gasteiger partial charge in [-0.25, -0.2) is 0 Å². The van der Waals surface area contributed by atoms with E-state index in [0.29, 0.717) is 40.6 Å². The molecule has 1 aromatic heterocycles. The summed E-state index contributed by atoms with van der Waals surface area (Å²) in [6, 6.07) is 11.1. The fourth-order valence-corrected chi connectivity index (χ4v) is 4.00. The Morgan fingerprint density at radius 1 is 1.12 bits per heavy atom. The highest BCUT2D eigenvalue weighted by Crippen LogP contribution is 2.36. The third kappa shape index (κ3) is 4.98. The molecule has 0 spiro atoms. The molecule has 1 saturated heterocycles. The molecule has 3 aromatic rings. The van der Waals surface area contributed by atoms with Crippen molar-refractivity contribution < 1.29 is 23.5 Å². The number of ether oxygens (including phenoxy) is 3. The van der Waals surface area contributed by atoms with E-state index in [0.717, 1.165) is 30.7 Å². The van der Waals surface area contributed by atoms with Gasteiger partial charge in [0.2, 0.25) is 11.7 Å². The van der Waals surface area contributed by atoms with Crippen molar-refractivity contribution in [1.82, 2.24) is 10.1 Å². The van der Waals surface area contributed by atoms with Gasteiger partial charge in [0.25, 0.3) is 0 Å². The predicted octanol–water partition coefficient (Wildman–Crippen LogP) is 4.27. The summed E-state index contributed by atoms with van der Waals surface area (Å²) < 4.78 is 21.3. The summed E-state index contributed by atoms with van der Waals surface area (Å²) in [7, 11) is 4.66. The largest absolute Gasteiger partial charge is 0.497 e. The molecule has 1 atom stereocenters. The van der Waals surface area contributed by atoms with Crippen molar-refractivity contribution in [2.45, 2.75) is 12.8 Å². The lowest BCUT2D eigenvalue weighted by molar-refractivity contribution is -0.120. The van der Waals surface area contributed by atoms with E-state index in [9.17, 15) is 4.79 Å². The zero-order valence-corrected chi connectivity index (χ0v) is 19.4. The number of hydrogen-bond acceptors (Lipinski definition) is 8. The number of piperidine rings is 1. The summed E-state index contributed by atoms with van der Waals surface area (Å²) in [6.45, 7) is 1.19. The molecule has 0 bridgehead atoms. The van der Waals surface area contributed by atoms with Gasteiger partial charge >= 0.3 is 6.01 Å². The number of halogens is 1. The van der Waals surface area contributed by atoms with E-state index < -0.39 is 0 Å². The van der Waals surface area contributed by atoms with Gasteiger partial charge in [0.15, 0.2) is 0 Å². The summed E-state index contributed by atoms with van der Waals surface area (Å²) in [5.41, 5.74) is 1.31. The second-order valence-electron chi connectivity index (χ2n) is 7.59. The quantitative estimate of drug-likeness (QED) is 0.544. The molecular weight excluding hydrogens is 448 g/mol. The van der Waals surface area contributed by atoms with Gasteiger partial charge in [0, 0.05) is 24.7 Å². The van der Waals surface area contributed by atoms with Crippen molar-refractivity contribution in [2.24, 2.45) is 5.92 Å². The van der Waals surface area contributed by atoms with Crippen LogP contribution in [-0.4, -0.2) is 50.5 Å². The smallest absolute Gasteiger partial charge is 0.324 e. The maximum absolute atomic E-state index is 13.0. The van der Waals surface area contributed by atoms with Crippen LogP contribution in [0.15, 0.2) is 40.9 Å². The third-order valence-electron chi connectivity index (χ3n) is 5.56. The van der Waals surface area contributed by atoms with Crippen molar-refractivity contribution >= 4 is 29.2 Å². The normalized spacial score (nSPS) is 15.8. The van der Waals surface area contributed by atoms with E-state index in [1.807, 2.05) is 29.2 Å². The Morgan fingerprint density at radius 2 is 1.88 bits per heavy atom. The Balaban J connectivity index is 1.45. The second-order valence-corrected chi connectivity index (χ2v) is 8.00. The Morgan fingerprint density at radius 3 is 2.58 bits per heavy atom. The molecule has 1 aliphatic heterocycles. The summed E-state index contributed by atoms with van der Waals surface area (Å²) in [6.07, 6.45) is 1.56. The zero-order chi connectivity index (χ0) is 23.4. The molecule has 2 aromatic carbocycles. The monoisotopic (exact) mass is 472 g/mol. The highest BCUT2D eigenvalue weighted by Gasteiger charge is 2.29. The van der Waals surface area contributed by atoms with Crippen molar-refractivity contribution in [3.05, 3.63) is 41.4 Å². The van der Waals surface area contributed by atoms with Crippen LogP contribution in [0.4, 0.5) is 11.7 Å². The van der Waals surface area contributed by atoms with Crippen LogP contribution in [0, 0.1) is 5.92 Å². The first-order valence-corrected chi connectivity index (χ1v) is 10.9. The molecule has 4 rings (SSSR count). The summed E-state index contributed by atoms with van der Waals surface area (Å²) in [5.74, 6) is 1.78. The number of hydrogen-bond donors (Lipinski definition) is 1. The Bertz CT molecular complexity index is 1120. The minimum Gasteiger partial charge on any atom is -0.497 e. The molecule has 2 heterocycles. The number of benzene rings is 2. The Kier molecular flexibility index (Phi) is 6.88. The molecule has 1 N–H and O–H groups in total. The van der Waals surface area contributed by atoms with Gasteiger partial charge < -0.3 is 29.0 Å². The molecule has 0 radical (unpaired) electrons. The third-order valence-corrected chi connectivity index (χ3v) is 5.85. The van der Waals surface area contributed by atoms with Gasteiger partial charge in [0.1, 0.15) is 17.2 Å². The standard InChI is InChI=1S/C23H25ClN4O5/c1-30-16-8-6-14(7-9-16)21-26-23(33-27-21)28-10-4-5-15(13-28)22(29)25-18-11-17(24)19(31-2)12-20(18)32-3/h6-9,11-12,15H,4-5,10,13H2,1-3H3,(H,25,29)/t15-/m1/s1. The minimum atomic E-state index is -0.263. The number of nitrogens with zero attached hydrogens (tertiary/aromatic N) is 3. The number of carbonyl (C=O) groups is 1. The molecule has 1 aliphatic rings. The van der Waals surface area contributed by atoms with E-state index >= 15 is 0 Å². The highest BCUT2D eigenvalue weighted by atomic mass is 35.5. The van der Waals surface area contributed by atoms with Gasteiger partial charge in [-0.3, -0.25) is 4.79 Å². The van der Waals surface area contributed by atoms with Crippen LogP contribution < -0.4 is 24.4 Å². The summed E-state index contributed by atoms with van der Waals surface area (Å²) in [5, 5.41) is 7.40. The minimum absolute atomic E-state index is 0.130. The molecule has 0 saturated carbocycles. The number of nitrogens with one attached hydrogen (secondary N) is 1. The van der Waals surface area contributed by atoms with E-state index in [4.69, 9.17) is 30.3 Å².